The number of hydrogen-bond donors (Lipinski definition) is 1. The molecule has 1 unspecified atom stereocenters. The predicted octanol–water partition coefficient (Wildman–Crippen LogP) is 4.09. The summed E-state index contributed by atoms with van der Waals surface area (Å²) in [6, 6.07) is 11.0. The van der Waals surface area contributed by atoms with Crippen molar-refractivity contribution in [1.82, 2.24) is 0 Å². The molecule has 0 saturated heterocycles. The maximum absolute atomic E-state index is 11.7. The lowest BCUT2D eigenvalue weighted by Crippen LogP contribution is -2.09. The molecular weight excluding hydrogens is 346 g/mol. The van der Waals surface area contributed by atoms with Gasteiger partial charge in [-0.25, -0.2) is 8.42 Å². The predicted molar refractivity (Wildman–Crippen MR) is 83.6 cm³/mol. The summed E-state index contributed by atoms with van der Waals surface area (Å²) in [5.74, 6) is 0. The second-order valence-electron chi connectivity index (χ2n) is 4.28. The summed E-state index contributed by atoms with van der Waals surface area (Å²) in [4.78, 5) is 1.48. The number of anilines is 1. The number of thiophene rings is 1. The van der Waals surface area contributed by atoms with E-state index in [1.165, 1.54) is 6.26 Å². The third-order valence-electron chi connectivity index (χ3n) is 2.68. The van der Waals surface area contributed by atoms with Crippen LogP contribution in [0.15, 0.2) is 45.1 Å². The van der Waals surface area contributed by atoms with Gasteiger partial charge in [-0.15, -0.1) is 11.3 Å². The van der Waals surface area contributed by atoms with Crippen LogP contribution >= 0.6 is 27.3 Å². The summed E-state index contributed by atoms with van der Waals surface area (Å²) in [6.45, 7) is 2.01. The van der Waals surface area contributed by atoms with E-state index in [9.17, 15) is 8.42 Å². The Balaban J connectivity index is 2.29. The van der Waals surface area contributed by atoms with Crippen LogP contribution in [0.1, 0.15) is 17.8 Å². The van der Waals surface area contributed by atoms with Gasteiger partial charge in [0.15, 0.2) is 9.84 Å². The molecule has 1 aromatic carbocycles. The summed E-state index contributed by atoms with van der Waals surface area (Å²) >= 11 is 5.06. The molecule has 0 fully saturated rings. The molecule has 2 rings (SSSR count). The van der Waals surface area contributed by atoms with E-state index in [4.69, 9.17) is 0 Å². The highest BCUT2D eigenvalue weighted by Crippen LogP contribution is 2.31. The molecule has 6 heteroatoms. The molecule has 102 valence electrons. The highest BCUT2D eigenvalue weighted by Gasteiger charge is 2.15. The molecule has 3 nitrogen and oxygen atoms in total. The van der Waals surface area contributed by atoms with Crippen molar-refractivity contribution in [1.29, 1.82) is 0 Å². The van der Waals surface area contributed by atoms with E-state index >= 15 is 0 Å². The molecule has 2 aromatic rings. The number of para-hydroxylation sites is 1. The zero-order chi connectivity index (χ0) is 14.0. The Hall–Kier alpha value is -0.850. The number of benzene rings is 1. The normalized spacial score (nSPS) is 13.2. The summed E-state index contributed by atoms with van der Waals surface area (Å²) in [5, 5.41) is 3.26. The van der Waals surface area contributed by atoms with Gasteiger partial charge in [-0.3, -0.25) is 0 Å². The number of sulfone groups is 1. The first-order valence-electron chi connectivity index (χ1n) is 5.69. The van der Waals surface area contributed by atoms with Gasteiger partial charge in [0.1, 0.15) is 0 Å². The van der Waals surface area contributed by atoms with Crippen molar-refractivity contribution in [2.45, 2.75) is 17.9 Å². The molecule has 0 bridgehead atoms. The van der Waals surface area contributed by atoms with Crippen molar-refractivity contribution in [2.75, 3.05) is 11.6 Å². The second kappa shape index (κ2) is 5.64. The average Bonchev–Trinajstić information content (AvgIpc) is 2.75. The Morgan fingerprint density at radius 2 is 1.89 bits per heavy atom. The Labute approximate surface area is 125 Å². The average molecular weight is 360 g/mol. The first-order valence-corrected chi connectivity index (χ1v) is 9.19. The first-order chi connectivity index (χ1) is 8.88. The number of halogens is 1. The third-order valence-corrected chi connectivity index (χ3v) is 5.64. The van der Waals surface area contributed by atoms with Crippen LogP contribution in [0.25, 0.3) is 0 Å². The number of hydrogen-bond acceptors (Lipinski definition) is 4. The van der Waals surface area contributed by atoms with E-state index in [2.05, 4.69) is 21.2 Å². The SMILES string of the molecule is CC(Nc1ccccc1S(C)(=O)=O)c1ccc(Br)s1. The maximum Gasteiger partial charge on any atom is 0.177 e. The van der Waals surface area contributed by atoms with Gasteiger partial charge in [0.2, 0.25) is 0 Å². The summed E-state index contributed by atoms with van der Waals surface area (Å²) < 4.78 is 24.5. The molecule has 1 N–H and O–H groups in total. The third kappa shape index (κ3) is 3.58. The Kier molecular flexibility index (Phi) is 4.32. The van der Waals surface area contributed by atoms with Gasteiger partial charge >= 0.3 is 0 Å². The molecule has 0 saturated carbocycles. The van der Waals surface area contributed by atoms with Crippen molar-refractivity contribution in [3.05, 3.63) is 45.1 Å². The van der Waals surface area contributed by atoms with Gasteiger partial charge in [-0.2, -0.15) is 0 Å². The minimum Gasteiger partial charge on any atom is -0.377 e. The van der Waals surface area contributed by atoms with Gasteiger partial charge in [0, 0.05) is 11.1 Å². The molecule has 0 aliphatic rings. The van der Waals surface area contributed by atoms with E-state index < -0.39 is 9.84 Å². The lowest BCUT2D eigenvalue weighted by molar-refractivity contribution is 0.602. The van der Waals surface area contributed by atoms with Crippen molar-refractivity contribution in [3.8, 4) is 0 Å². The van der Waals surface area contributed by atoms with Crippen molar-refractivity contribution >= 4 is 42.8 Å². The molecule has 0 amide bonds. The lowest BCUT2D eigenvalue weighted by atomic mass is 10.2. The highest BCUT2D eigenvalue weighted by atomic mass is 79.9. The molecular formula is C13H14BrNO2S2. The van der Waals surface area contributed by atoms with Crippen LogP contribution in [0, 0.1) is 0 Å². The van der Waals surface area contributed by atoms with Crippen LogP contribution in [0.3, 0.4) is 0 Å². The highest BCUT2D eigenvalue weighted by molar-refractivity contribution is 9.11. The topological polar surface area (TPSA) is 46.2 Å². The second-order valence-corrected chi connectivity index (χ2v) is 8.75. The van der Waals surface area contributed by atoms with Crippen LogP contribution in [-0.2, 0) is 9.84 Å². The largest absolute Gasteiger partial charge is 0.377 e. The number of rotatable bonds is 4. The van der Waals surface area contributed by atoms with Gasteiger partial charge in [0.05, 0.1) is 20.4 Å². The van der Waals surface area contributed by atoms with Crippen LogP contribution < -0.4 is 5.32 Å². The first kappa shape index (κ1) is 14.6. The van der Waals surface area contributed by atoms with E-state index in [0.29, 0.717) is 10.6 Å². The molecule has 1 heterocycles. The zero-order valence-corrected chi connectivity index (χ0v) is 13.8. The fraction of sp³-hybridized carbons (Fsp3) is 0.231. The van der Waals surface area contributed by atoms with Crippen molar-refractivity contribution in [2.24, 2.45) is 0 Å². The molecule has 1 aromatic heterocycles. The molecule has 19 heavy (non-hydrogen) atoms. The Morgan fingerprint density at radius 1 is 1.21 bits per heavy atom. The van der Waals surface area contributed by atoms with Gasteiger partial charge in [-0.05, 0) is 47.1 Å². The number of nitrogens with one attached hydrogen (secondary N) is 1. The summed E-state index contributed by atoms with van der Waals surface area (Å²) in [5.41, 5.74) is 0.641. The zero-order valence-electron chi connectivity index (χ0n) is 10.6. The van der Waals surface area contributed by atoms with Crippen LogP contribution in [0.4, 0.5) is 5.69 Å². The smallest absolute Gasteiger partial charge is 0.177 e. The quantitative estimate of drug-likeness (QED) is 0.893. The fourth-order valence-electron chi connectivity index (χ4n) is 1.77. The fourth-order valence-corrected chi connectivity index (χ4v) is 4.05. The van der Waals surface area contributed by atoms with Crippen LogP contribution in [0.5, 0.6) is 0 Å². The van der Waals surface area contributed by atoms with Gasteiger partial charge < -0.3 is 5.32 Å². The summed E-state index contributed by atoms with van der Waals surface area (Å²) in [7, 11) is -3.22. The minimum atomic E-state index is -3.22. The molecule has 0 radical (unpaired) electrons. The van der Waals surface area contributed by atoms with Crippen molar-refractivity contribution in [3.63, 3.8) is 0 Å². The van der Waals surface area contributed by atoms with Crippen LogP contribution in [-0.4, -0.2) is 14.7 Å². The minimum absolute atomic E-state index is 0.0548. The molecule has 0 aliphatic heterocycles. The molecule has 0 aliphatic carbocycles. The van der Waals surface area contributed by atoms with Crippen LogP contribution in [0.2, 0.25) is 0 Å². The van der Waals surface area contributed by atoms with E-state index in [1.54, 1.807) is 29.5 Å². The standard InChI is InChI=1S/C13H14BrNO2S2/c1-9(11-7-8-13(14)18-11)15-10-5-3-4-6-12(10)19(2,16)17/h3-9,15H,1-2H3. The van der Waals surface area contributed by atoms with E-state index in [1.807, 2.05) is 25.1 Å². The monoisotopic (exact) mass is 359 g/mol. The molecule has 1 atom stereocenters. The van der Waals surface area contributed by atoms with E-state index in [-0.39, 0.29) is 6.04 Å². The van der Waals surface area contributed by atoms with Gasteiger partial charge in [-0.1, -0.05) is 12.1 Å². The molecule has 0 spiro atoms. The van der Waals surface area contributed by atoms with Gasteiger partial charge in [0.25, 0.3) is 0 Å². The lowest BCUT2D eigenvalue weighted by Gasteiger charge is -2.16. The maximum atomic E-state index is 11.7. The Bertz CT molecular complexity index is 679. The van der Waals surface area contributed by atoms with E-state index in [0.717, 1.165) is 8.66 Å². The summed E-state index contributed by atoms with van der Waals surface area (Å²) in [6.07, 6.45) is 1.22. The van der Waals surface area contributed by atoms with Crippen molar-refractivity contribution < 1.29 is 8.42 Å². The Morgan fingerprint density at radius 3 is 2.47 bits per heavy atom.